The minimum absolute atomic E-state index is 0.185. The van der Waals surface area contributed by atoms with Gasteiger partial charge in [-0.3, -0.25) is 4.68 Å². The average Bonchev–Trinajstić information content (AvgIpc) is 3.42. The Bertz CT molecular complexity index is 1080. The lowest BCUT2D eigenvalue weighted by Crippen LogP contribution is -2.04. The molecule has 150 valence electrons. The molecule has 0 aliphatic heterocycles. The molecule has 0 bridgehead atoms. The van der Waals surface area contributed by atoms with Crippen LogP contribution in [0, 0.1) is 0 Å². The van der Waals surface area contributed by atoms with E-state index in [9.17, 15) is 5.11 Å². The van der Waals surface area contributed by atoms with E-state index in [0.29, 0.717) is 11.7 Å². The van der Waals surface area contributed by atoms with Gasteiger partial charge >= 0.3 is 0 Å². The molecule has 1 heterocycles. The highest BCUT2D eigenvalue weighted by molar-refractivity contribution is 5.44. The standard InChI is InChI=1S/C27H26N2O/c30-26-13-7-12-24-20(14-15-25(24)26)16-17-29-19-23(18-28-29)27(21-8-3-1-4-9-21)22-10-5-2-6-11-22/h1-13,18-20,27,30H,14-17H2. The van der Waals surface area contributed by atoms with Crippen molar-refractivity contribution in [2.24, 2.45) is 0 Å². The van der Waals surface area contributed by atoms with Crippen LogP contribution in [0.5, 0.6) is 5.75 Å². The minimum atomic E-state index is 0.185. The molecule has 0 saturated carbocycles. The van der Waals surface area contributed by atoms with Crippen LogP contribution in [0.15, 0.2) is 91.3 Å². The Kier molecular flexibility index (Phi) is 5.10. The monoisotopic (exact) mass is 394 g/mol. The van der Waals surface area contributed by atoms with E-state index in [1.165, 1.54) is 22.3 Å². The quantitative estimate of drug-likeness (QED) is 0.443. The molecule has 30 heavy (non-hydrogen) atoms. The summed E-state index contributed by atoms with van der Waals surface area (Å²) in [5.74, 6) is 1.13. The third kappa shape index (κ3) is 3.63. The van der Waals surface area contributed by atoms with Gasteiger partial charge in [0.1, 0.15) is 5.75 Å². The first kappa shape index (κ1) is 18.7. The van der Waals surface area contributed by atoms with Crippen LogP contribution in [0.2, 0.25) is 0 Å². The van der Waals surface area contributed by atoms with E-state index in [2.05, 4.69) is 82.7 Å². The first-order valence-corrected chi connectivity index (χ1v) is 10.7. The maximum atomic E-state index is 10.1. The summed E-state index contributed by atoms with van der Waals surface area (Å²) < 4.78 is 2.08. The number of benzene rings is 3. The summed E-state index contributed by atoms with van der Waals surface area (Å²) in [6.45, 7) is 0.885. The number of aromatic hydroxyl groups is 1. The van der Waals surface area contributed by atoms with Gasteiger partial charge in [-0.05, 0) is 53.5 Å². The number of nitrogens with zero attached hydrogens (tertiary/aromatic N) is 2. The molecule has 0 spiro atoms. The van der Waals surface area contributed by atoms with Crippen LogP contribution < -0.4 is 0 Å². The molecule has 1 aromatic heterocycles. The molecule has 5 rings (SSSR count). The van der Waals surface area contributed by atoms with Crippen molar-refractivity contribution in [1.29, 1.82) is 0 Å². The summed E-state index contributed by atoms with van der Waals surface area (Å²) in [5, 5.41) is 14.8. The first-order chi connectivity index (χ1) is 14.8. The Morgan fingerprint density at radius 1 is 0.867 bits per heavy atom. The van der Waals surface area contributed by atoms with E-state index in [0.717, 1.165) is 31.4 Å². The lowest BCUT2D eigenvalue weighted by atomic mass is 9.87. The number of hydrogen-bond donors (Lipinski definition) is 1. The van der Waals surface area contributed by atoms with E-state index in [-0.39, 0.29) is 5.92 Å². The Hall–Kier alpha value is -3.33. The molecule has 0 fully saturated rings. The zero-order valence-corrected chi connectivity index (χ0v) is 17.0. The van der Waals surface area contributed by atoms with Gasteiger partial charge in [-0.25, -0.2) is 0 Å². The molecule has 0 saturated heterocycles. The van der Waals surface area contributed by atoms with Crippen molar-refractivity contribution in [3.63, 3.8) is 0 Å². The summed E-state index contributed by atoms with van der Waals surface area (Å²) in [7, 11) is 0. The first-order valence-electron chi connectivity index (χ1n) is 10.7. The van der Waals surface area contributed by atoms with Crippen LogP contribution in [-0.4, -0.2) is 14.9 Å². The highest BCUT2D eigenvalue weighted by Gasteiger charge is 2.24. The molecular formula is C27H26N2O. The summed E-state index contributed by atoms with van der Waals surface area (Å²) in [6, 6.07) is 27.2. The second-order valence-corrected chi connectivity index (χ2v) is 8.16. The second kappa shape index (κ2) is 8.19. The molecular weight excluding hydrogens is 368 g/mol. The largest absolute Gasteiger partial charge is 0.508 e. The molecule has 0 amide bonds. The topological polar surface area (TPSA) is 38.0 Å². The highest BCUT2D eigenvalue weighted by Crippen LogP contribution is 2.40. The zero-order chi connectivity index (χ0) is 20.3. The van der Waals surface area contributed by atoms with Crippen molar-refractivity contribution in [2.75, 3.05) is 0 Å². The highest BCUT2D eigenvalue weighted by atomic mass is 16.3. The predicted octanol–water partition coefficient (Wildman–Crippen LogP) is 5.89. The molecule has 1 N–H and O–H groups in total. The molecule has 0 radical (unpaired) electrons. The number of phenolic OH excluding ortho intramolecular Hbond substituents is 1. The van der Waals surface area contributed by atoms with Crippen LogP contribution in [-0.2, 0) is 13.0 Å². The van der Waals surface area contributed by atoms with E-state index in [1.54, 1.807) is 6.07 Å². The summed E-state index contributed by atoms with van der Waals surface area (Å²) >= 11 is 0. The molecule has 1 atom stereocenters. The van der Waals surface area contributed by atoms with Crippen molar-refractivity contribution >= 4 is 0 Å². The normalized spacial score (nSPS) is 15.4. The Labute approximate surface area is 177 Å². The smallest absolute Gasteiger partial charge is 0.119 e. The van der Waals surface area contributed by atoms with Gasteiger partial charge in [0.05, 0.1) is 6.20 Å². The fraction of sp³-hybridized carbons (Fsp3) is 0.222. The molecule has 1 unspecified atom stereocenters. The fourth-order valence-electron chi connectivity index (χ4n) is 4.83. The molecule has 3 nitrogen and oxygen atoms in total. The molecule has 4 aromatic rings. The maximum Gasteiger partial charge on any atom is 0.119 e. The van der Waals surface area contributed by atoms with E-state index >= 15 is 0 Å². The second-order valence-electron chi connectivity index (χ2n) is 8.16. The Morgan fingerprint density at radius 2 is 1.57 bits per heavy atom. The van der Waals surface area contributed by atoms with Gasteiger partial charge in [-0.1, -0.05) is 72.8 Å². The zero-order valence-electron chi connectivity index (χ0n) is 17.0. The van der Waals surface area contributed by atoms with Gasteiger partial charge in [-0.15, -0.1) is 0 Å². The van der Waals surface area contributed by atoms with Gasteiger partial charge in [0.15, 0.2) is 0 Å². The minimum Gasteiger partial charge on any atom is -0.508 e. The Balaban J connectivity index is 1.36. The van der Waals surface area contributed by atoms with E-state index in [1.807, 2.05) is 12.3 Å². The van der Waals surface area contributed by atoms with Crippen molar-refractivity contribution in [1.82, 2.24) is 9.78 Å². The lowest BCUT2D eigenvalue weighted by Gasteiger charge is -2.16. The van der Waals surface area contributed by atoms with Crippen LogP contribution in [0.4, 0.5) is 0 Å². The fourth-order valence-corrected chi connectivity index (χ4v) is 4.83. The predicted molar refractivity (Wildman–Crippen MR) is 120 cm³/mol. The lowest BCUT2D eigenvalue weighted by molar-refractivity contribution is 0.469. The third-order valence-electron chi connectivity index (χ3n) is 6.33. The number of fused-ring (bicyclic) bond motifs is 1. The maximum absolute atomic E-state index is 10.1. The number of aryl methyl sites for hydroxylation is 1. The Morgan fingerprint density at radius 3 is 2.27 bits per heavy atom. The molecule has 1 aliphatic rings. The van der Waals surface area contributed by atoms with Crippen molar-refractivity contribution in [3.05, 3.63) is 119 Å². The van der Waals surface area contributed by atoms with E-state index < -0.39 is 0 Å². The van der Waals surface area contributed by atoms with Crippen LogP contribution in [0.1, 0.15) is 52.5 Å². The van der Waals surface area contributed by atoms with Crippen molar-refractivity contribution in [3.8, 4) is 5.75 Å². The number of rotatable bonds is 6. The van der Waals surface area contributed by atoms with Gasteiger partial charge in [0, 0.05) is 24.2 Å². The van der Waals surface area contributed by atoms with Gasteiger partial charge in [0.25, 0.3) is 0 Å². The van der Waals surface area contributed by atoms with Gasteiger partial charge in [-0.2, -0.15) is 5.10 Å². The number of hydrogen-bond acceptors (Lipinski definition) is 2. The van der Waals surface area contributed by atoms with Crippen LogP contribution >= 0.6 is 0 Å². The number of phenols is 1. The van der Waals surface area contributed by atoms with Crippen LogP contribution in [0.25, 0.3) is 0 Å². The van der Waals surface area contributed by atoms with Crippen LogP contribution in [0.3, 0.4) is 0 Å². The van der Waals surface area contributed by atoms with Gasteiger partial charge < -0.3 is 5.11 Å². The molecule has 1 aliphatic carbocycles. The average molecular weight is 395 g/mol. The summed E-state index contributed by atoms with van der Waals surface area (Å²) in [6.07, 6.45) is 7.33. The third-order valence-corrected chi connectivity index (χ3v) is 6.33. The van der Waals surface area contributed by atoms with Crippen molar-refractivity contribution < 1.29 is 5.11 Å². The number of aromatic nitrogens is 2. The molecule has 3 heteroatoms. The van der Waals surface area contributed by atoms with Gasteiger partial charge in [0.2, 0.25) is 0 Å². The van der Waals surface area contributed by atoms with E-state index in [4.69, 9.17) is 0 Å². The summed E-state index contributed by atoms with van der Waals surface area (Å²) in [4.78, 5) is 0. The van der Waals surface area contributed by atoms with Crippen molar-refractivity contribution in [2.45, 2.75) is 37.6 Å². The molecule has 3 aromatic carbocycles. The summed E-state index contributed by atoms with van der Waals surface area (Å²) in [5.41, 5.74) is 6.23. The SMILES string of the molecule is Oc1cccc2c1CCC2CCn1cc(C(c2ccccc2)c2ccccc2)cn1.